The summed E-state index contributed by atoms with van der Waals surface area (Å²) in [6.45, 7) is 2.96. The zero-order valence-electron chi connectivity index (χ0n) is 11.9. The molecule has 0 saturated heterocycles. The van der Waals surface area contributed by atoms with E-state index in [2.05, 4.69) is 12.2 Å². The lowest BCUT2D eigenvalue weighted by atomic mass is 10.1. The van der Waals surface area contributed by atoms with Gasteiger partial charge in [-0.05, 0) is 38.3 Å². The van der Waals surface area contributed by atoms with Crippen LogP contribution in [0.2, 0.25) is 0 Å². The molecule has 0 amide bonds. The molecule has 0 aliphatic heterocycles. The number of nitrogens with one attached hydrogen (secondary N) is 1. The highest BCUT2D eigenvalue weighted by Crippen LogP contribution is 2.32. The van der Waals surface area contributed by atoms with Gasteiger partial charge in [0, 0.05) is 17.8 Å². The highest BCUT2D eigenvalue weighted by molar-refractivity contribution is 5.66. The number of aromatic nitrogens is 2. The van der Waals surface area contributed by atoms with E-state index in [0.29, 0.717) is 0 Å². The minimum atomic E-state index is 0.749. The van der Waals surface area contributed by atoms with Crippen LogP contribution < -0.4 is 10.1 Å². The minimum Gasteiger partial charge on any atom is -0.496 e. The van der Waals surface area contributed by atoms with Gasteiger partial charge in [-0.15, -0.1) is 0 Å². The molecule has 1 aromatic heterocycles. The molecule has 0 radical (unpaired) electrons. The summed E-state index contributed by atoms with van der Waals surface area (Å²) in [5.41, 5.74) is 3.41. The van der Waals surface area contributed by atoms with E-state index in [0.717, 1.165) is 48.8 Å². The topological polar surface area (TPSA) is 47.0 Å². The van der Waals surface area contributed by atoms with Crippen molar-refractivity contribution in [1.82, 2.24) is 9.97 Å². The number of hydrogen-bond donors (Lipinski definition) is 1. The van der Waals surface area contributed by atoms with Crippen molar-refractivity contribution in [3.8, 4) is 17.1 Å². The Morgan fingerprint density at radius 1 is 1.20 bits per heavy atom. The van der Waals surface area contributed by atoms with E-state index < -0.39 is 0 Å². The number of aryl methyl sites for hydroxylation is 1. The molecule has 0 atom stereocenters. The van der Waals surface area contributed by atoms with Gasteiger partial charge in [0.2, 0.25) is 0 Å². The fraction of sp³-hybridized carbons (Fsp3) is 0.375. The Labute approximate surface area is 119 Å². The van der Waals surface area contributed by atoms with Gasteiger partial charge in [-0.3, -0.25) is 0 Å². The van der Waals surface area contributed by atoms with Crippen LogP contribution in [0.4, 0.5) is 5.82 Å². The number of fused-ring (bicyclic) bond motifs is 1. The molecule has 4 heteroatoms. The number of rotatable bonds is 4. The number of para-hydroxylation sites is 1. The van der Waals surface area contributed by atoms with E-state index in [1.54, 1.807) is 7.11 Å². The van der Waals surface area contributed by atoms with Crippen LogP contribution in [-0.2, 0) is 12.8 Å². The smallest absolute Gasteiger partial charge is 0.165 e. The standard InChI is InChI=1S/C16H19N3O/c1-3-17-15-11-8-6-9-13(11)18-16(19-15)12-7-4-5-10-14(12)20-2/h4-5,7,10H,3,6,8-9H2,1-2H3,(H,17,18,19). The maximum atomic E-state index is 5.42. The molecule has 1 heterocycles. The van der Waals surface area contributed by atoms with Crippen molar-refractivity contribution in [2.75, 3.05) is 19.0 Å². The monoisotopic (exact) mass is 269 g/mol. The van der Waals surface area contributed by atoms with Gasteiger partial charge in [-0.2, -0.15) is 0 Å². The predicted octanol–water partition coefficient (Wildman–Crippen LogP) is 3.07. The third kappa shape index (κ3) is 2.22. The Kier molecular flexibility index (Phi) is 3.54. The first-order chi connectivity index (χ1) is 9.83. The number of nitrogens with zero attached hydrogens (tertiary/aromatic N) is 2. The van der Waals surface area contributed by atoms with Gasteiger partial charge in [-0.1, -0.05) is 12.1 Å². The molecule has 2 aromatic rings. The Hall–Kier alpha value is -2.10. The Balaban J connectivity index is 2.12. The molecular weight excluding hydrogens is 250 g/mol. The molecule has 0 unspecified atom stereocenters. The van der Waals surface area contributed by atoms with Gasteiger partial charge >= 0.3 is 0 Å². The Morgan fingerprint density at radius 2 is 2.05 bits per heavy atom. The first-order valence-corrected chi connectivity index (χ1v) is 7.10. The molecule has 0 spiro atoms. The summed E-state index contributed by atoms with van der Waals surface area (Å²) >= 11 is 0. The molecule has 1 N–H and O–H groups in total. The molecular formula is C16H19N3O. The summed E-state index contributed by atoms with van der Waals surface area (Å²) in [6.07, 6.45) is 3.28. The zero-order valence-corrected chi connectivity index (χ0v) is 11.9. The van der Waals surface area contributed by atoms with Gasteiger partial charge in [0.1, 0.15) is 11.6 Å². The van der Waals surface area contributed by atoms with E-state index in [9.17, 15) is 0 Å². The summed E-state index contributed by atoms with van der Waals surface area (Å²) in [5.74, 6) is 2.54. The largest absolute Gasteiger partial charge is 0.496 e. The highest BCUT2D eigenvalue weighted by Gasteiger charge is 2.20. The van der Waals surface area contributed by atoms with Crippen molar-refractivity contribution in [2.45, 2.75) is 26.2 Å². The van der Waals surface area contributed by atoms with Crippen LogP contribution in [0, 0.1) is 0 Å². The third-order valence-corrected chi connectivity index (χ3v) is 3.63. The zero-order chi connectivity index (χ0) is 13.9. The summed E-state index contributed by atoms with van der Waals surface area (Å²) in [7, 11) is 1.68. The minimum absolute atomic E-state index is 0.749. The van der Waals surface area contributed by atoms with Crippen LogP contribution in [0.25, 0.3) is 11.4 Å². The quantitative estimate of drug-likeness (QED) is 0.926. The van der Waals surface area contributed by atoms with Crippen LogP contribution in [0.3, 0.4) is 0 Å². The van der Waals surface area contributed by atoms with Gasteiger partial charge < -0.3 is 10.1 Å². The fourth-order valence-electron chi connectivity index (χ4n) is 2.70. The molecule has 20 heavy (non-hydrogen) atoms. The molecule has 0 bridgehead atoms. The number of ether oxygens (including phenoxy) is 1. The van der Waals surface area contributed by atoms with Gasteiger partial charge in [0.15, 0.2) is 5.82 Å². The van der Waals surface area contributed by atoms with Crippen molar-refractivity contribution in [3.63, 3.8) is 0 Å². The average molecular weight is 269 g/mol. The highest BCUT2D eigenvalue weighted by atomic mass is 16.5. The Bertz CT molecular complexity index is 625. The fourth-order valence-corrected chi connectivity index (χ4v) is 2.70. The van der Waals surface area contributed by atoms with Crippen LogP contribution in [-0.4, -0.2) is 23.6 Å². The van der Waals surface area contributed by atoms with Crippen molar-refractivity contribution in [2.24, 2.45) is 0 Å². The lowest BCUT2D eigenvalue weighted by Gasteiger charge is -2.12. The van der Waals surface area contributed by atoms with Gasteiger partial charge in [-0.25, -0.2) is 9.97 Å². The van der Waals surface area contributed by atoms with Crippen LogP contribution in [0.15, 0.2) is 24.3 Å². The second kappa shape index (κ2) is 5.49. The normalized spacial score (nSPS) is 13.1. The predicted molar refractivity (Wildman–Crippen MR) is 80.2 cm³/mol. The number of hydrogen-bond acceptors (Lipinski definition) is 4. The summed E-state index contributed by atoms with van der Waals surface area (Å²) in [5, 5.41) is 3.36. The summed E-state index contributed by atoms with van der Waals surface area (Å²) in [4.78, 5) is 9.45. The molecule has 3 rings (SSSR count). The molecule has 0 fully saturated rings. The third-order valence-electron chi connectivity index (χ3n) is 3.63. The average Bonchev–Trinajstić information content (AvgIpc) is 2.96. The molecule has 1 aromatic carbocycles. The maximum Gasteiger partial charge on any atom is 0.165 e. The van der Waals surface area contributed by atoms with Gasteiger partial charge in [0.05, 0.1) is 12.7 Å². The van der Waals surface area contributed by atoms with E-state index in [1.807, 2.05) is 24.3 Å². The Morgan fingerprint density at radius 3 is 2.85 bits per heavy atom. The molecule has 4 nitrogen and oxygen atoms in total. The lowest BCUT2D eigenvalue weighted by molar-refractivity contribution is 0.416. The van der Waals surface area contributed by atoms with Crippen LogP contribution in [0.1, 0.15) is 24.6 Å². The molecule has 0 saturated carbocycles. The van der Waals surface area contributed by atoms with Crippen LogP contribution in [0.5, 0.6) is 5.75 Å². The molecule has 1 aliphatic rings. The number of methoxy groups -OCH3 is 1. The second-order valence-corrected chi connectivity index (χ2v) is 4.91. The maximum absolute atomic E-state index is 5.42. The summed E-state index contributed by atoms with van der Waals surface area (Å²) in [6, 6.07) is 7.90. The van der Waals surface area contributed by atoms with Crippen molar-refractivity contribution in [3.05, 3.63) is 35.5 Å². The summed E-state index contributed by atoms with van der Waals surface area (Å²) < 4.78 is 5.42. The van der Waals surface area contributed by atoms with Crippen molar-refractivity contribution >= 4 is 5.82 Å². The lowest BCUT2D eigenvalue weighted by Crippen LogP contribution is -2.07. The molecule has 104 valence electrons. The van der Waals surface area contributed by atoms with Crippen molar-refractivity contribution in [1.29, 1.82) is 0 Å². The number of anilines is 1. The second-order valence-electron chi connectivity index (χ2n) is 4.91. The first kappa shape index (κ1) is 12.9. The van der Waals surface area contributed by atoms with E-state index in [1.165, 1.54) is 11.3 Å². The van der Waals surface area contributed by atoms with E-state index in [-0.39, 0.29) is 0 Å². The van der Waals surface area contributed by atoms with Crippen LogP contribution >= 0.6 is 0 Å². The number of benzene rings is 1. The SMILES string of the molecule is CCNc1nc(-c2ccccc2OC)nc2c1CCC2. The van der Waals surface area contributed by atoms with Crippen molar-refractivity contribution < 1.29 is 4.74 Å². The van der Waals surface area contributed by atoms with E-state index in [4.69, 9.17) is 14.7 Å². The van der Waals surface area contributed by atoms with E-state index >= 15 is 0 Å². The van der Waals surface area contributed by atoms with Gasteiger partial charge in [0.25, 0.3) is 0 Å². The molecule has 1 aliphatic carbocycles. The first-order valence-electron chi connectivity index (χ1n) is 7.10.